The van der Waals surface area contributed by atoms with Crippen LogP contribution in [0.5, 0.6) is 0 Å². The molecule has 2 aromatic carbocycles. The number of hydrogen-bond donors (Lipinski definition) is 1. The van der Waals surface area contributed by atoms with Gasteiger partial charge in [0.25, 0.3) is 11.6 Å². The van der Waals surface area contributed by atoms with Crippen LogP contribution in [0.1, 0.15) is 17.3 Å². The number of nitro groups is 1. The summed E-state index contributed by atoms with van der Waals surface area (Å²) >= 11 is 0. The maximum absolute atomic E-state index is 12.4. The molecule has 0 bridgehead atoms. The van der Waals surface area contributed by atoms with Crippen molar-refractivity contribution in [2.24, 2.45) is 0 Å². The van der Waals surface area contributed by atoms with E-state index in [1.165, 1.54) is 24.0 Å². The largest absolute Gasteiger partial charge is 0.449 e. The predicted octanol–water partition coefficient (Wildman–Crippen LogP) is 2.39. The van der Waals surface area contributed by atoms with Gasteiger partial charge in [0.15, 0.2) is 6.10 Å². The summed E-state index contributed by atoms with van der Waals surface area (Å²) in [6.07, 6.45) is -1.06. The summed E-state index contributed by atoms with van der Waals surface area (Å²) in [5.41, 5.74) is 5.63. The summed E-state index contributed by atoms with van der Waals surface area (Å²) in [7, 11) is 1.57. The van der Waals surface area contributed by atoms with Crippen LogP contribution in [0.2, 0.25) is 0 Å². The summed E-state index contributed by atoms with van der Waals surface area (Å²) in [4.78, 5) is 36.1. The van der Waals surface area contributed by atoms with Crippen LogP contribution in [0.3, 0.4) is 0 Å². The van der Waals surface area contributed by atoms with Crippen molar-refractivity contribution >= 4 is 28.9 Å². The molecule has 8 nitrogen and oxygen atoms in total. The lowest BCUT2D eigenvalue weighted by molar-refractivity contribution is -0.383. The molecule has 8 heteroatoms. The smallest absolute Gasteiger partial charge is 0.339 e. The Kier molecular flexibility index (Phi) is 5.33. The van der Waals surface area contributed by atoms with Crippen molar-refractivity contribution in [1.29, 1.82) is 0 Å². The van der Waals surface area contributed by atoms with Crippen molar-refractivity contribution in [3.05, 3.63) is 64.2 Å². The van der Waals surface area contributed by atoms with Crippen LogP contribution in [0.15, 0.2) is 48.5 Å². The second kappa shape index (κ2) is 7.43. The summed E-state index contributed by atoms with van der Waals surface area (Å²) in [5.74, 6) is -1.27. The average Bonchev–Trinajstić information content (AvgIpc) is 2.61. The number of nitrogens with two attached hydrogens (primary N) is 1. The minimum atomic E-state index is -1.06. The van der Waals surface area contributed by atoms with E-state index < -0.39 is 28.6 Å². The molecule has 0 radical (unpaired) electrons. The number of para-hydroxylation sites is 1. The first kappa shape index (κ1) is 17.9. The van der Waals surface area contributed by atoms with E-state index in [0.717, 1.165) is 6.07 Å². The van der Waals surface area contributed by atoms with Gasteiger partial charge in [-0.25, -0.2) is 4.79 Å². The number of amides is 1. The van der Waals surface area contributed by atoms with Gasteiger partial charge in [0.1, 0.15) is 5.69 Å². The highest BCUT2D eigenvalue weighted by molar-refractivity contribution is 5.99. The molecule has 0 heterocycles. The maximum atomic E-state index is 12.4. The monoisotopic (exact) mass is 343 g/mol. The fraction of sp³-hybridized carbons (Fsp3) is 0.176. The molecule has 0 spiro atoms. The average molecular weight is 343 g/mol. The Balaban J connectivity index is 2.11. The fourth-order valence-electron chi connectivity index (χ4n) is 2.16. The summed E-state index contributed by atoms with van der Waals surface area (Å²) in [6.45, 7) is 1.44. The number of likely N-dealkylation sites (N-methyl/N-ethyl adjacent to an activating group) is 1. The number of ether oxygens (including phenoxy) is 1. The number of rotatable bonds is 5. The molecule has 0 aliphatic rings. The minimum absolute atomic E-state index is 0.0529. The molecule has 2 rings (SSSR count). The molecule has 2 aromatic rings. The molecule has 0 unspecified atom stereocenters. The molecule has 2 N–H and O–H groups in total. The number of carbonyl (C=O) groups is 2. The van der Waals surface area contributed by atoms with Crippen LogP contribution in [0.4, 0.5) is 17.1 Å². The molecule has 0 aliphatic carbocycles. The number of nitrogen functional groups attached to an aromatic ring is 1. The normalized spacial score (nSPS) is 11.4. The van der Waals surface area contributed by atoms with Crippen molar-refractivity contribution in [3.8, 4) is 0 Å². The molecule has 25 heavy (non-hydrogen) atoms. The van der Waals surface area contributed by atoms with E-state index in [9.17, 15) is 19.7 Å². The van der Waals surface area contributed by atoms with Crippen LogP contribution >= 0.6 is 0 Å². The molecule has 0 saturated heterocycles. The SMILES string of the molecule is C[C@H](OC(=O)c1ccc(N)c([N+](=O)[O-])c1)C(=O)N(C)c1ccccc1. The number of anilines is 2. The van der Waals surface area contributed by atoms with E-state index in [1.807, 2.05) is 6.07 Å². The Labute approximate surface area is 144 Å². The standard InChI is InChI=1S/C17H17N3O5/c1-11(16(21)19(2)13-6-4-3-5-7-13)25-17(22)12-8-9-14(18)15(10-12)20(23)24/h3-11H,18H2,1-2H3/t11-/m0/s1. The van der Waals surface area contributed by atoms with Crippen molar-refractivity contribution in [1.82, 2.24) is 0 Å². The Morgan fingerprint density at radius 2 is 1.84 bits per heavy atom. The Morgan fingerprint density at radius 1 is 1.20 bits per heavy atom. The molecule has 1 atom stereocenters. The van der Waals surface area contributed by atoms with Crippen LogP contribution < -0.4 is 10.6 Å². The molecular formula is C17H17N3O5. The predicted molar refractivity (Wildman–Crippen MR) is 92.2 cm³/mol. The molecule has 0 aromatic heterocycles. The third kappa shape index (κ3) is 4.11. The Morgan fingerprint density at radius 3 is 2.44 bits per heavy atom. The number of hydrogen-bond acceptors (Lipinski definition) is 6. The minimum Gasteiger partial charge on any atom is -0.449 e. The molecular weight excluding hydrogens is 326 g/mol. The van der Waals surface area contributed by atoms with Gasteiger partial charge >= 0.3 is 5.97 Å². The van der Waals surface area contributed by atoms with Crippen LogP contribution in [0.25, 0.3) is 0 Å². The quantitative estimate of drug-likeness (QED) is 0.386. The molecule has 130 valence electrons. The van der Waals surface area contributed by atoms with Gasteiger partial charge in [0.2, 0.25) is 0 Å². The van der Waals surface area contributed by atoms with Gasteiger partial charge in [-0.1, -0.05) is 18.2 Å². The lowest BCUT2D eigenvalue weighted by Gasteiger charge is -2.21. The van der Waals surface area contributed by atoms with Gasteiger partial charge in [-0.3, -0.25) is 14.9 Å². The maximum Gasteiger partial charge on any atom is 0.339 e. The van der Waals surface area contributed by atoms with Gasteiger partial charge in [-0.2, -0.15) is 0 Å². The zero-order chi connectivity index (χ0) is 18.6. The van der Waals surface area contributed by atoms with E-state index in [1.54, 1.807) is 31.3 Å². The third-order valence-corrected chi connectivity index (χ3v) is 3.57. The van der Waals surface area contributed by atoms with E-state index in [4.69, 9.17) is 10.5 Å². The number of nitrogens with zero attached hydrogens (tertiary/aromatic N) is 2. The van der Waals surface area contributed by atoms with Crippen molar-refractivity contribution in [2.75, 3.05) is 17.7 Å². The van der Waals surface area contributed by atoms with Crippen LogP contribution in [-0.4, -0.2) is 30.0 Å². The van der Waals surface area contributed by atoms with Crippen molar-refractivity contribution in [3.63, 3.8) is 0 Å². The number of nitro benzene ring substituents is 1. The fourth-order valence-corrected chi connectivity index (χ4v) is 2.16. The van der Waals surface area contributed by atoms with Gasteiger partial charge in [-0.05, 0) is 31.2 Å². The van der Waals surface area contributed by atoms with Gasteiger partial charge in [0.05, 0.1) is 10.5 Å². The van der Waals surface area contributed by atoms with E-state index >= 15 is 0 Å². The zero-order valence-corrected chi connectivity index (χ0v) is 13.7. The highest BCUT2D eigenvalue weighted by atomic mass is 16.6. The van der Waals surface area contributed by atoms with Crippen LogP contribution in [0, 0.1) is 10.1 Å². The molecule has 0 fully saturated rings. The lowest BCUT2D eigenvalue weighted by Crippen LogP contribution is -2.37. The summed E-state index contributed by atoms with van der Waals surface area (Å²) < 4.78 is 5.12. The first-order valence-electron chi connectivity index (χ1n) is 7.38. The highest BCUT2D eigenvalue weighted by Gasteiger charge is 2.24. The first-order valence-corrected chi connectivity index (χ1v) is 7.38. The number of esters is 1. The first-order chi connectivity index (χ1) is 11.8. The van der Waals surface area contributed by atoms with Crippen LogP contribution in [-0.2, 0) is 9.53 Å². The second-order valence-electron chi connectivity index (χ2n) is 5.31. The molecule has 1 amide bonds. The second-order valence-corrected chi connectivity index (χ2v) is 5.31. The number of benzene rings is 2. The van der Waals surface area contributed by atoms with E-state index in [-0.39, 0.29) is 11.3 Å². The number of carbonyl (C=O) groups excluding carboxylic acids is 2. The highest BCUT2D eigenvalue weighted by Crippen LogP contribution is 2.23. The van der Waals surface area contributed by atoms with Crippen molar-refractivity contribution < 1.29 is 19.2 Å². The van der Waals surface area contributed by atoms with Crippen molar-refractivity contribution in [2.45, 2.75) is 13.0 Å². The van der Waals surface area contributed by atoms with Gasteiger partial charge in [0, 0.05) is 18.8 Å². The summed E-state index contributed by atoms with van der Waals surface area (Å²) in [5, 5.41) is 10.9. The zero-order valence-electron chi connectivity index (χ0n) is 13.7. The topological polar surface area (TPSA) is 116 Å². The van der Waals surface area contributed by atoms with E-state index in [2.05, 4.69) is 0 Å². The lowest BCUT2D eigenvalue weighted by atomic mass is 10.1. The van der Waals surface area contributed by atoms with E-state index in [0.29, 0.717) is 5.69 Å². The Hall–Kier alpha value is -3.42. The third-order valence-electron chi connectivity index (χ3n) is 3.57. The molecule has 0 aliphatic heterocycles. The molecule has 0 saturated carbocycles. The summed E-state index contributed by atoms with van der Waals surface area (Å²) in [6, 6.07) is 12.5. The van der Waals surface area contributed by atoms with Gasteiger partial charge in [-0.15, -0.1) is 0 Å². The van der Waals surface area contributed by atoms with Gasteiger partial charge < -0.3 is 15.4 Å². The Bertz CT molecular complexity index is 807.